The first-order chi connectivity index (χ1) is 20.4. The third-order valence-corrected chi connectivity index (χ3v) is 8.34. The maximum absolute atomic E-state index is 14.5. The summed E-state index contributed by atoms with van der Waals surface area (Å²) in [5.41, 5.74) is -0.416. The number of rotatable bonds is 9. The molecule has 1 saturated heterocycles. The minimum Gasteiger partial charge on any atom is -0.444 e. The van der Waals surface area contributed by atoms with Crippen LogP contribution in [0.15, 0.2) is 48.7 Å². The number of halogens is 2. The van der Waals surface area contributed by atoms with E-state index in [-0.39, 0.29) is 37.0 Å². The molecule has 2 fully saturated rings. The summed E-state index contributed by atoms with van der Waals surface area (Å²) in [5, 5.41) is 13.1. The Morgan fingerprint density at radius 3 is 2.53 bits per heavy atom. The smallest absolute Gasteiger partial charge is 0.410 e. The molecule has 5 rings (SSSR count). The third-order valence-electron chi connectivity index (χ3n) is 8.34. The van der Waals surface area contributed by atoms with Gasteiger partial charge in [-0.2, -0.15) is 0 Å². The van der Waals surface area contributed by atoms with Crippen LogP contribution in [0, 0.1) is 17.6 Å². The van der Waals surface area contributed by atoms with Gasteiger partial charge in [-0.15, -0.1) is 0 Å². The maximum Gasteiger partial charge on any atom is 0.410 e. The lowest BCUT2D eigenvalue weighted by Gasteiger charge is -2.45. The number of piperidine rings is 1. The summed E-state index contributed by atoms with van der Waals surface area (Å²) in [6.45, 7) is 6.96. The van der Waals surface area contributed by atoms with E-state index in [1.165, 1.54) is 11.0 Å². The van der Waals surface area contributed by atoms with Gasteiger partial charge in [-0.25, -0.2) is 13.6 Å². The molecule has 8 nitrogen and oxygen atoms in total. The number of carbonyl (C=O) groups is 2. The van der Waals surface area contributed by atoms with E-state index in [4.69, 9.17) is 9.47 Å². The Balaban J connectivity index is 1.49. The molecule has 1 aromatic heterocycles. The average Bonchev–Trinajstić information content (AvgIpc) is 3.74. The summed E-state index contributed by atoms with van der Waals surface area (Å²) in [7, 11) is 1.68. The Kier molecular flexibility index (Phi) is 8.81. The molecule has 0 bridgehead atoms. The van der Waals surface area contributed by atoms with E-state index < -0.39 is 34.8 Å². The highest BCUT2D eigenvalue weighted by Crippen LogP contribution is 2.42. The number of aryl methyl sites for hydroxylation is 1. The molecule has 43 heavy (non-hydrogen) atoms. The van der Waals surface area contributed by atoms with Crippen molar-refractivity contribution in [2.24, 2.45) is 5.92 Å². The molecule has 1 aliphatic heterocycles. The molecule has 3 aromatic rings. The quantitative estimate of drug-likeness (QED) is 0.325. The first-order valence-electron chi connectivity index (χ1n) is 14.9. The maximum atomic E-state index is 14.5. The molecule has 0 spiro atoms. The number of likely N-dealkylation sites (tertiary alicyclic amines) is 1. The molecule has 1 N–H and O–H groups in total. The topological polar surface area (TPSA) is 84.2 Å². The second-order valence-electron chi connectivity index (χ2n) is 12.7. The lowest BCUT2D eigenvalue weighted by Crippen LogP contribution is -2.58. The molecule has 2 heterocycles. The van der Waals surface area contributed by atoms with Crippen LogP contribution in [0.5, 0.6) is 0 Å². The van der Waals surface area contributed by atoms with Gasteiger partial charge in [-0.05, 0) is 75.8 Å². The van der Waals surface area contributed by atoms with Crippen molar-refractivity contribution in [3.8, 4) is 0 Å². The summed E-state index contributed by atoms with van der Waals surface area (Å²) >= 11 is 0. The van der Waals surface area contributed by atoms with Crippen molar-refractivity contribution in [3.05, 3.63) is 71.4 Å². The van der Waals surface area contributed by atoms with Gasteiger partial charge in [0.1, 0.15) is 11.2 Å². The number of para-hydroxylation sites is 1. The lowest BCUT2D eigenvalue weighted by atomic mass is 9.75. The van der Waals surface area contributed by atoms with Gasteiger partial charge in [-0.1, -0.05) is 24.3 Å². The first kappa shape index (κ1) is 30.9. The molecule has 0 radical (unpaired) electrons. The Morgan fingerprint density at radius 1 is 1.12 bits per heavy atom. The molecule has 10 heteroatoms. The summed E-state index contributed by atoms with van der Waals surface area (Å²) in [6, 6.07) is 11.3. The highest BCUT2D eigenvalue weighted by molar-refractivity contribution is 5.86. The van der Waals surface area contributed by atoms with Crippen LogP contribution in [0.2, 0.25) is 0 Å². The predicted octanol–water partition coefficient (Wildman–Crippen LogP) is 5.59. The zero-order chi connectivity index (χ0) is 30.9. The normalized spacial score (nSPS) is 20.8. The molecule has 1 saturated carbocycles. The molecule has 2 atom stereocenters. The van der Waals surface area contributed by atoms with Gasteiger partial charge in [0.25, 0.3) is 0 Å². The van der Waals surface area contributed by atoms with Crippen LogP contribution in [-0.2, 0) is 33.0 Å². The highest BCUT2D eigenvalue weighted by Gasteiger charge is 2.51. The van der Waals surface area contributed by atoms with E-state index in [0.717, 1.165) is 54.4 Å². The Bertz CT molecular complexity index is 1480. The monoisotopic (exact) mass is 597 g/mol. The number of hydrogen-bond donors (Lipinski definition) is 1. The van der Waals surface area contributed by atoms with Crippen molar-refractivity contribution < 1.29 is 33.0 Å². The largest absolute Gasteiger partial charge is 0.444 e. The molecule has 232 valence electrons. The van der Waals surface area contributed by atoms with Gasteiger partial charge in [-0.3, -0.25) is 4.79 Å². The van der Waals surface area contributed by atoms with E-state index in [2.05, 4.69) is 16.8 Å². The lowest BCUT2D eigenvalue weighted by molar-refractivity contribution is -0.155. The number of fused-ring (bicyclic) bond motifs is 1. The van der Waals surface area contributed by atoms with Crippen molar-refractivity contribution in [2.75, 3.05) is 26.8 Å². The number of ether oxygens (including phenoxy) is 2. The fourth-order valence-electron chi connectivity index (χ4n) is 6.00. The number of amides is 2. The van der Waals surface area contributed by atoms with Crippen molar-refractivity contribution in [1.82, 2.24) is 14.4 Å². The zero-order valence-corrected chi connectivity index (χ0v) is 25.3. The second-order valence-corrected chi connectivity index (χ2v) is 12.7. The summed E-state index contributed by atoms with van der Waals surface area (Å²) in [5.74, 6) is -3.59. The van der Waals surface area contributed by atoms with Crippen molar-refractivity contribution in [2.45, 2.75) is 76.8 Å². The number of nitrogens with zero attached hydrogens (tertiary/aromatic N) is 3. The minimum atomic E-state index is -1.81. The molecular weight excluding hydrogens is 556 g/mol. The van der Waals surface area contributed by atoms with Gasteiger partial charge in [0.15, 0.2) is 11.6 Å². The first-order valence-corrected chi connectivity index (χ1v) is 14.9. The molecule has 1 aliphatic carbocycles. The van der Waals surface area contributed by atoms with Gasteiger partial charge in [0, 0.05) is 63.0 Å². The van der Waals surface area contributed by atoms with Crippen molar-refractivity contribution >= 4 is 22.9 Å². The number of aromatic nitrogens is 1. The molecule has 0 unspecified atom stereocenters. The van der Waals surface area contributed by atoms with Gasteiger partial charge in [0.05, 0.1) is 5.92 Å². The van der Waals surface area contributed by atoms with Gasteiger partial charge in [0.2, 0.25) is 5.91 Å². The van der Waals surface area contributed by atoms with Crippen LogP contribution < -0.4 is 0 Å². The molecular formula is C33H41F2N3O5. The standard InChI is InChI=1S/C33H41F2N3O5/c1-32(2,3)43-31(40)37-16-14-33(41,23-10-13-27(34)28(35)18-23)26(21-37)30(39)38(24-11-12-24)20-22-19-36(15-7-17-42-4)29-9-6-5-8-25(22)29/h5-6,8-10,13,18-19,24,26,41H,7,11-12,14-17,20-21H2,1-4H3/t26-,33+/m1/s1. The average molecular weight is 598 g/mol. The summed E-state index contributed by atoms with van der Waals surface area (Å²) in [4.78, 5) is 30.8. The van der Waals surface area contributed by atoms with Crippen LogP contribution in [0.25, 0.3) is 10.9 Å². The molecule has 2 aliphatic rings. The Morgan fingerprint density at radius 2 is 1.86 bits per heavy atom. The van der Waals surface area contributed by atoms with E-state index >= 15 is 0 Å². The molecule has 2 aromatic carbocycles. The molecule has 2 amide bonds. The van der Waals surface area contributed by atoms with Crippen LogP contribution >= 0.6 is 0 Å². The van der Waals surface area contributed by atoms with E-state index in [9.17, 15) is 23.5 Å². The van der Waals surface area contributed by atoms with Crippen LogP contribution in [0.4, 0.5) is 13.6 Å². The summed E-state index contributed by atoms with van der Waals surface area (Å²) < 4.78 is 41.3. The number of hydrogen-bond acceptors (Lipinski definition) is 5. The van der Waals surface area contributed by atoms with Crippen molar-refractivity contribution in [3.63, 3.8) is 0 Å². The van der Waals surface area contributed by atoms with Crippen LogP contribution in [0.3, 0.4) is 0 Å². The Labute approximate surface area is 251 Å². The van der Waals surface area contributed by atoms with Gasteiger partial charge >= 0.3 is 6.09 Å². The predicted molar refractivity (Wildman–Crippen MR) is 158 cm³/mol. The zero-order valence-electron chi connectivity index (χ0n) is 25.3. The van der Waals surface area contributed by atoms with Gasteiger partial charge < -0.3 is 28.9 Å². The number of methoxy groups -OCH3 is 1. The third kappa shape index (κ3) is 6.70. The highest BCUT2D eigenvalue weighted by atomic mass is 19.2. The van der Waals surface area contributed by atoms with Crippen molar-refractivity contribution in [1.29, 1.82) is 0 Å². The second kappa shape index (κ2) is 12.2. The van der Waals surface area contributed by atoms with E-state index in [0.29, 0.717) is 13.2 Å². The number of carbonyl (C=O) groups excluding carboxylic acids is 2. The fraction of sp³-hybridized carbons (Fsp3) is 0.515. The minimum absolute atomic E-state index is 0.0192. The fourth-order valence-corrected chi connectivity index (χ4v) is 6.00. The number of aliphatic hydroxyl groups is 1. The van der Waals surface area contributed by atoms with E-state index in [1.54, 1.807) is 32.8 Å². The Hall–Kier alpha value is -3.50. The van der Waals surface area contributed by atoms with E-state index in [1.807, 2.05) is 18.2 Å². The number of benzene rings is 2. The van der Waals surface area contributed by atoms with Crippen LogP contribution in [-0.4, -0.2) is 69.9 Å². The SMILES string of the molecule is COCCCn1cc(CN(C(=O)[C@H]2CN(C(=O)OC(C)(C)C)CC[C@]2(O)c2ccc(F)c(F)c2)C2CC2)c2ccccc21. The van der Waals surface area contributed by atoms with Crippen LogP contribution in [0.1, 0.15) is 57.6 Å². The summed E-state index contributed by atoms with van der Waals surface area (Å²) in [6.07, 6.45) is 3.93.